The van der Waals surface area contributed by atoms with Gasteiger partial charge in [-0.25, -0.2) is 14.6 Å². The van der Waals surface area contributed by atoms with E-state index in [-0.39, 0.29) is 11.5 Å². The highest BCUT2D eigenvalue weighted by Crippen LogP contribution is 2.46. The Balaban J connectivity index is 0.00000297. The third kappa shape index (κ3) is 10.3. The molecular weight excluding hydrogens is 683 g/mol. The van der Waals surface area contributed by atoms with Crippen molar-refractivity contribution in [3.8, 4) is 16.9 Å². The fraction of sp³-hybridized carbons (Fsp3) is 0.350. The van der Waals surface area contributed by atoms with Gasteiger partial charge in [-0.3, -0.25) is 9.39 Å². The lowest BCUT2D eigenvalue weighted by molar-refractivity contribution is -0.139. The lowest BCUT2D eigenvalue weighted by atomic mass is 9.92. The third-order valence-electron chi connectivity index (χ3n) is 8.93. The van der Waals surface area contributed by atoms with Gasteiger partial charge in [0.2, 0.25) is 11.4 Å². The zero-order chi connectivity index (χ0) is 37.5. The van der Waals surface area contributed by atoms with Crippen LogP contribution < -0.4 is 14.5 Å². The Kier molecular flexibility index (Phi) is 15.1. The number of carbonyl (C=O) groups excluding carboxylic acids is 1. The van der Waals surface area contributed by atoms with E-state index in [9.17, 15) is 28.4 Å². The lowest BCUT2D eigenvalue weighted by Crippen LogP contribution is -2.24. The Hall–Kier alpha value is -4.91. The Morgan fingerprint density at radius 3 is 1.94 bits per heavy atom. The summed E-state index contributed by atoms with van der Waals surface area (Å²) in [7, 11) is -4.52. The molecule has 0 saturated heterocycles. The molecule has 4 aromatic carbocycles. The number of unbranched alkanes of at least 4 members (excludes halogenated alkanes) is 9. The highest BCUT2D eigenvalue weighted by atomic mass is 32.2. The van der Waals surface area contributed by atoms with Crippen molar-refractivity contribution >= 4 is 45.6 Å². The molecular formula is C40H47N3O8S. The zero-order valence-electron chi connectivity index (χ0n) is 29.6. The van der Waals surface area contributed by atoms with Crippen molar-refractivity contribution in [1.29, 1.82) is 0 Å². The molecule has 5 rings (SSSR count). The third-order valence-corrected chi connectivity index (χ3v) is 9.87. The Labute approximate surface area is 306 Å². The molecule has 0 atom stereocenters. The summed E-state index contributed by atoms with van der Waals surface area (Å²) in [6.07, 6.45) is 11.8. The smallest absolute Gasteiger partial charge is 0.341 e. The molecule has 1 heterocycles. The van der Waals surface area contributed by atoms with E-state index in [1.807, 2.05) is 49.3 Å². The molecule has 11 nitrogen and oxygen atoms in total. The fourth-order valence-electron chi connectivity index (χ4n) is 6.46. The number of benzene rings is 4. The number of ether oxygens (including phenoxy) is 1. The summed E-state index contributed by atoms with van der Waals surface area (Å²) in [6, 6.07) is 24.4. The van der Waals surface area contributed by atoms with E-state index in [1.54, 1.807) is 41.5 Å². The van der Waals surface area contributed by atoms with Crippen LogP contribution in [0.15, 0.2) is 89.8 Å². The van der Waals surface area contributed by atoms with E-state index < -0.39 is 22.7 Å². The molecule has 4 aromatic rings. The molecule has 0 saturated carbocycles. The van der Waals surface area contributed by atoms with Gasteiger partial charge in [0.05, 0.1) is 4.90 Å². The van der Waals surface area contributed by atoms with Crippen LogP contribution in [0, 0.1) is 0 Å². The van der Waals surface area contributed by atoms with Crippen molar-refractivity contribution < 1.29 is 37.2 Å². The van der Waals surface area contributed by atoms with Crippen LogP contribution in [0.3, 0.4) is 0 Å². The normalized spacial score (nSPS) is 12.0. The number of nitrogens with zero attached hydrogens (tertiary/aromatic N) is 3. The van der Waals surface area contributed by atoms with E-state index in [2.05, 4.69) is 6.92 Å². The number of fused-ring (bicyclic) bond motifs is 2. The van der Waals surface area contributed by atoms with Gasteiger partial charge < -0.3 is 20.2 Å². The van der Waals surface area contributed by atoms with Crippen molar-refractivity contribution in [3.63, 3.8) is 0 Å². The predicted molar refractivity (Wildman–Crippen MR) is 202 cm³/mol. The topological polar surface area (TPSA) is 156 Å². The van der Waals surface area contributed by atoms with Crippen LogP contribution in [-0.4, -0.2) is 37.4 Å². The summed E-state index contributed by atoms with van der Waals surface area (Å²) in [5.41, 5.74) is 15.6. The molecule has 52 heavy (non-hydrogen) atoms. The van der Waals surface area contributed by atoms with Crippen LogP contribution in [0.25, 0.3) is 16.7 Å². The van der Waals surface area contributed by atoms with Gasteiger partial charge >= 0.3 is 5.97 Å². The second kappa shape index (κ2) is 19.6. The minimum atomic E-state index is -4.52. The number of carbonyl (C=O) groups is 2. The fourth-order valence-corrected chi connectivity index (χ4v) is 7.23. The van der Waals surface area contributed by atoms with Crippen molar-refractivity contribution in [2.45, 2.75) is 89.1 Å². The molecule has 0 amide bonds. The number of anilines is 2. The average molecular weight is 730 g/mol. The first-order valence-corrected chi connectivity index (χ1v) is 19.1. The largest absolute Gasteiger partial charge is 0.493 e. The maximum absolute atomic E-state index is 12.6. The molecule has 1 aliphatic heterocycles. The molecule has 0 aliphatic carbocycles. The first-order chi connectivity index (χ1) is 25.2. The van der Waals surface area contributed by atoms with Crippen LogP contribution in [0.5, 0.6) is 5.75 Å². The number of hydrogen-bond acceptors (Lipinski definition) is 7. The number of carboxylic acids is 1. The van der Waals surface area contributed by atoms with Crippen molar-refractivity contribution in [3.05, 3.63) is 102 Å². The monoisotopic (exact) mass is 729 g/mol. The van der Waals surface area contributed by atoms with Gasteiger partial charge in [0.25, 0.3) is 10.1 Å². The minimum absolute atomic E-state index is 0.0263. The first kappa shape index (κ1) is 39.9. The molecule has 0 unspecified atom stereocenters. The summed E-state index contributed by atoms with van der Waals surface area (Å²) < 4.78 is 42.1. The molecule has 0 aromatic heterocycles. The molecule has 0 fully saturated rings. The van der Waals surface area contributed by atoms with Gasteiger partial charge in [-0.15, -0.1) is 0 Å². The average Bonchev–Trinajstić information content (AvgIpc) is 3.15. The molecule has 276 valence electrons. The second-order valence-electron chi connectivity index (χ2n) is 12.5. The van der Waals surface area contributed by atoms with Crippen LogP contribution in [0.4, 0.5) is 22.7 Å². The highest BCUT2D eigenvalue weighted by molar-refractivity contribution is 7.85. The Morgan fingerprint density at radius 1 is 0.788 bits per heavy atom. The van der Waals surface area contributed by atoms with Gasteiger partial charge in [-0.2, -0.15) is 8.42 Å². The second-order valence-corrected chi connectivity index (χ2v) is 13.9. The summed E-state index contributed by atoms with van der Waals surface area (Å²) in [5, 5.41) is 10.9. The summed E-state index contributed by atoms with van der Waals surface area (Å²) in [6.45, 7) is 3.65. The van der Waals surface area contributed by atoms with Crippen molar-refractivity contribution in [2.75, 3.05) is 11.7 Å². The van der Waals surface area contributed by atoms with E-state index in [0.29, 0.717) is 57.2 Å². The van der Waals surface area contributed by atoms with E-state index in [4.69, 9.17) is 14.4 Å². The lowest BCUT2D eigenvalue weighted by Gasteiger charge is -2.30. The molecule has 0 bridgehead atoms. The van der Waals surface area contributed by atoms with Gasteiger partial charge in [-0.1, -0.05) is 107 Å². The Morgan fingerprint density at radius 2 is 1.37 bits per heavy atom. The summed E-state index contributed by atoms with van der Waals surface area (Å²) >= 11 is 0. The van der Waals surface area contributed by atoms with E-state index in [1.165, 1.54) is 44.6 Å². The highest BCUT2D eigenvalue weighted by Gasteiger charge is 2.31. The van der Waals surface area contributed by atoms with Crippen LogP contribution in [0.1, 0.15) is 82.3 Å². The quantitative estimate of drug-likeness (QED) is 0.0545. The number of carboxylic acid groups (broad SMARTS) is 1. The van der Waals surface area contributed by atoms with Gasteiger partial charge in [0.15, 0.2) is 6.61 Å². The van der Waals surface area contributed by atoms with E-state index >= 15 is 0 Å². The standard InChI is InChI=1S/C39H45N3O7S.CH2O/c1-2-3-4-5-6-7-8-9-10-11-17-33-32(18-16-23-38(33)50(45,46)47)31-25-24-30(48-28-39(43)44)26-29(31)27-49-42-36-21-14-12-19-34(36)41(40)35-20-13-15-22-37(35)42;1-2/h12-16,18-26H,2-11,17,27-28H2,1H3,(H,43,44)(H,45,46,47);1H2. The predicted octanol–water partition coefficient (Wildman–Crippen LogP) is 9.78. The molecule has 2 N–H and O–H groups in total. The molecule has 0 spiro atoms. The maximum Gasteiger partial charge on any atom is 0.341 e. The van der Waals surface area contributed by atoms with Crippen molar-refractivity contribution in [2.24, 2.45) is 0 Å². The number of rotatable bonds is 19. The minimum Gasteiger partial charge on any atom is -0.493 e. The molecule has 12 heteroatoms. The SMILES string of the molecule is C=O.CCCCCCCCCCCCc1c(-c2ccc(OCC(=O)O)cc2CON2c3ccccc3[N+](=[N-])c3ccccc32)cccc1S(=O)(=O)O. The van der Waals surface area contributed by atoms with Crippen LogP contribution >= 0.6 is 0 Å². The van der Waals surface area contributed by atoms with Gasteiger partial charge in [0, 0.05) is 12.1 Å². The summed E-state index contributed by atoms with van der Waals surface area (Å²) in [4.78, 5) is 25.6. The maximum atomic E-state index is 12.6. The van der Waals surface area contributed by atoms with Gasteiger partial charge in [-0.05, 0) is 65.4 Å². The number of para-hydroxylation sites is 4. The van der Waals surface area contributed by atoms with Crippen LogP contribution in [-0.2, 0) is 37.6 Å². The van der Waals surface area contributed by atoms with Crippen LogP contribution in [0.2, 0.25) is 0 Å². The number of hydrogen-bond donors (Lipinski definition) is 2. The van der Waals surface area contributed by atoms with Crippen molar-refractivity contribution in [1.82, 2.24) is 4.70 Å². The van der Waals surface area contributed by atoms with Gasteiger partial charge in [0.1, 0.15) is 30.5 Å². The first-order valence-electron chi connectivity index (χ1n) is 17.6. The zero-order valence-corrected chi connectivity index (χ0v) is 30.4. The van der Waals surface area contributed by atoms with E-state index in [0.717, 1.165) is 30.4 Å². The Bertz CT molecular complexity index is 1880. The number of aliphatic carboxylic acids is 1. The molecule has 0 radical (unpaired) electrons. The molecule has 1 aliphatic rings. The summed E-state index contributed by atoms with van der Waals surface area (Å²) in [5.74, 6) is -0.820.